The molecule has 0 saturated heterocycles. The third-order valence-corrected chi connectivity index (χ3v) is 12.3. The lowest BCUT2D eigenvalue weighted by Crippen LogP contribution is -2.14. The fourth-order valence-electron chi connectivity index (χ4n) is 9.30. The van der Waals surface area contributed by atoms with Crippen LogP contribution in [-0.2, 0) is 0 Å². The van der Waals surface area contributed by atoms with Crippen LogP contribution >= 0.6 is 0 Å². The van der Waals surface area contributed by atoms with Crippen LogP contribution in [0, 0.1) is 0 Å². The summed E-state index contributed by atoms with van der Waals surface area (Å²) in [5.41, 5.74) is 15.6. The van der Waals surface area contributed by atoms with Gasteiger partial charge < -0.3 is 9.30 Å². The number of benzene rings is 8. The largest absolute Gasteiger partial charge is 0.484 e. The lowest BCUT2D eigenvalue weighted by Gasteiger charge is -2.23. The topological polar surface area (TPSA) is 52.8 Å². The molecule has 0 saturated carbocycles. The standard InChI is InChI=1S/C57H38N4O/c1-4-14-37(15-5-1)39-26-28-42(29-27-39)56-58-55(41-18-8-3-9-19-41)59-57(60-56)48-23-13-25-51-52(48)47-34-35-50-53(54(47)62-51)46-22-10-11-24-49(46)61(50)45-32-30-40(31-33-45)44-21-12-20-43(36-44)38-16-6-2-7-17-38/h1-36,47,54H. The zero-order valence-corrected chi connectivity index (χ0v) is 33.6. The molecule has 2 aliphatic rings. The maximum absolute atomic E-state index is 7.03. The van der Waals surface area contributed by atoms with Crippen molar-refractivity contribution < 1.29 is 4.74 Å². The number of fused-ring (bicyclic) bond motifs is 7. The molecular formula is C57H38N4O. The minimum atomic E-state index is -0.224. The van der Waals surface area contributed by atoms with Crippen LogP contribution in [0.25, 0.3) is 90.2 Å². The molecule has 5 nitrogen and oxygen atoms in total. The van der Waals surface area contributed by atoms with E-state index in [9.17, 15) is 0 Å². The van der Waals surface area contributed by atoms with Crippen molar-refractivity contribution >= 4 is 17.0 Å². The predicted octanol–water partition coefficient (Wildman–Crippen LogP) is 14.1. The van der Waals surface area contributed by atoms with Crippen LogP contribution in [0.4, 0.5) is 0 Å². The van der Waals surface area contributed by atoms with Gasteiger partial charge in [0.25, 0.3) is 0 Å². The monoisotopic (exact) mass is 794 g/mol. The van der Waals surface area contributed by atoms with Crippen LogP contribution in [0.5, 0.6) is 5.75 Å². The highest BCUT2D eigenvalue weighted by Gasteiger charge is 2.42. The number of para-hydroxylation sites is 1. The van der Waals surface area contributed by atoms with Crippen LogP contribution in [0.15, 0.2) is 212 Å². The Labute approximate surface area is 360 Å². The highest BCUT2D eigenvalue weighted by Crippen LogP contribution is 2.55. The number of ether oxygens (including phenoxy) is 1. The maximum Gasteiger partial charge on any atom is 0.164 e. The summed E-state index contributed by atoms with van der Waals surface area (Å²) >= 11 is 0. The van der Waals surface area contributed by atoms with Crippen molar-refractivity contribution in [2.24, 2.45) is 0 Å². The summed E-state index contributed by atoms with van der Waals surface area (Å²) in [4.78, 5) is 15.4. The Morgan fingerprint density at radius 2 is 0.903 bits per heavy atom. The Hall–Kier alpha value is -8.15. The van der Waals surface area contributed by atoms with E-state index in [0.29, 0.717) is 17.5 Å². The van der Waals surface area contributed by atoms with Gasteiger partial charge in [-0.15, -0.1) is 0 Å². The summed E-state index contributed by atoms with van der Waals surface area (Å²) in [6, 6.07) is 72.2. The molecule has 292 valence electrons. The molecule has 62 heavy (non-hydrogen) atoms. The average Bonchev–Trinajstić information content (AvgIpc) is 3.91. The summed E-state index contributed by atoms with van der Waals surface area (Å²) in [6.07, 6.45) is 4.37. The van der Waals surface area contributed by atoms with Gasteiger partial charge in [-0.2, -0.15) is 0 Å². The number of rotatable bonds is 7. The first kappa shape index (κ1) is 35.8. The minimum absolute atomic E-state index is 0.0437. The van der Waals surface area contributed by atoms with Gasteiger partial charge in [-0.3, -0.25) is 0 Å². The van der Waals surface area contributed by atoms with Crippen LogP contribution in [0.2, 0.25) is 0 Å². The number of hydrogen-bond donors (Lipinski definition) is 0. The summed E-state index contributed by atoms with van der Waals surface area (Å²) in [5.74, 6) is 2.69. The molecule has 12 rings (SSSR count). The van der Waals surface area contributed by atoms with Crippen LogP contribution in [0.3, 0.4) is 0 Å². The van der Waals surface area contributed by atoms with E-state index in [1.54, 1.807) is 0 Å². The molecule has 2 unspecified atom stereocenters. The molecule has 3 heterocycles. The van der Waals surface area contributed by atoms with Gasteiger partial charge >= 0.3 is 0 Å². The van der Waals surface area contributed by atoms with Gasteiger partial charge in [0.15, 0.2) is 17.5 Å². The molecule has 0 fully saturated rings. The van der Waals surface area contributed by atoms with E-state index in [4.69, 9.17) is 19.7 Å². The van der Waals surface area contributed by atoms with Crippen molar-refractivity contribution in [3.63, 3.8) is 0 Å². The van der Waals surface area contributed by atoms with E-state index in [2.05, 4.69) is 187 Å². The predicted molar refractivity (Wildman–Crippen MR) is 251 cm³/mol. The van der Waals surface area contributed by atoms with E-state index in [1.165, 1.54) is 38.8 Å². The molecular weight excluding hydrogens is 757 g/mol. The Bertz CT molecular complexity index is 3300. The van der Waals surface area contributed by atoms with E-state index < -0.39 is 0 Å². The molecule has 0 amide bonds. The molecule has 10 aromatic rings. The highest BCUT2D eigenvalue weighted by atomic mass is 16.5. The van der Waals surface area contributed by atoms with Crippen molar-refractivity contribution in [1.82, 2.24) is 19.5 Å². The smallest absolute Gasteiger partial charge is 0.164 e. The lowest BCUT2D eigenvalue weighted by atomic mass is 9.83. The van der Waals surface area contributed by atoms with E-state index in [0.717, 1.165) is 50.5 Å². The van der Waals surface area contributed by atoms with Crippen LogP contribution < -0.4 is 4.74 Å². The third-order valence-electron chi connectivity index (χ3n) is 12.3. The first-order valence-electron chi connectivity index (χ1n) is 21.1. The zero-order valence-electron chi connectivity index (χ0n) is 33.6. The van der Waals surface area contributed by atoms with Gasteiger partial charge in [-0.1, -0.05) is 182 Å². The SMILES string of the molecule is C1=CC2c3c(cccc3-c3nc(-c4ccccc4)nc(-c4ccc(-c5ccccc5)cc4)n3)OC2c2c1n(-c1ccc(-c3cccc(-c4ccccc4)c3)cc1)c1ccccc21. The second-order valence-electron chi connectivity index (χ2n) is 15.9. The van der Waals surface area contributed by atoms with Gasteiger partial charge in [-0.25, -0.2) is 15.0 Å². The van der Waals surface area contributed by atoms with Gasteiger partial charge in [0.1, 0.15) is 11.9 Å². The van der Waals surface area contributed by atoms with Crippen molar-refractivity contribution in [1.29, 1.82) is 0 Å². The third kappa shape index (κ3) is 6.13. The summed E-state index contributed by atoms with van der Waals surface area (Å²) in [5, 5.41) is 1.18. The fraction of sp³-hybridized carbons (Fsp3) is 0.0351. The number of nitrogens with zero attached hydrogens (tertiary/aromatic N) is 4. The molecule has 2 aromatic heterocycles. The minimum Gasteiger partial charge on any atom is -0.484 e. The van der Waals surface area contributed by atoms with Crippen molar-refractivity contribution in [2.75, 3.05) is 0 Å². The average molecular weight is 795 g/mol. The first-order chi connectivity index (χ1) is 30.7. The number of aromatic nitrogens is 4. The molecule has 5 heteroatoms. The van der Waals surface area contributed by atoms with E-state index >= 15 is 0 Å². The molecule has 0 radical (unpaired) electrons. The highest BCUT2D eigenvalue weighted by molar-refractivity contribution is 5.92. The molecule has 2 atom stereocenters. The van der Waals surface area contributed by atoms with E-state index in [-0.39, 0.29) is 12.0 Å². The van der Waals surface area contributed by atoms with Crippen molar-refractivity contribution in [2.45, 2.75) is 12.0 Å². The second-order valence-corrected chi connectivity index (χ2v) is 15.9. The van der Waals surface area contributed by atoms with E-state index in [1.807, 2.05) is 36.4 Å². The molecule has 1 aliphatic carbocycles. The van der Waals surface area contributed by atoms with Gasteiger partial charge in [0.2, 0.25) is 0 Å². The zero-order chi connectivity index (χ0) is 41.0. The molecule has 8 aromatic carbocycles. The second kappa shape index (κ2) is 14.8. The molecule has 1 aliphatic heterocycles. The molecule has 0 bridgehead atoms. The van der Waals surface area contributed by atoms with Gasteiger partial charge in [-0.05, 0) is 69.8 Å². The Morgan fingerprint density at radius 1 is 0.403 bits per heavy atom. The normalized spacial score (nSPS) is 14.8. The van der Waals surface area contributed by atoms with Crippen LogP contribution in [-0.4, -0.2) is 19.5 Å². The molecule has 0 N–H and O–H groups in total. The van der Waals surface area contributed by atoms with Crippen molar-refractivity contribution in [3.05, 3.63) is 229 Å². The Kier molecular flexibility index (Phi) is 8.56. The summed E-state index contributed by atoms with van der Waals surface area (Å²) in [6.45, 7) is 0. The lowest BCUT2D eigenvalue weighted by molar-refractivity contribution is 0.224. The first-order valence-corrected chi connectivity index (χ1v) is 21.1. The number of hydrogen-bond acceptors (Lipinski definition) is 4. The Balaban J connectivity index is 0.927. The van der Waals surface area contributed by atoms with Crippen molar-refractivity contribution in [3.8, 4) is 79.0 Å². The molecule has 0 spiro atoms. The van der Waals surface area contributed by atoms with Gasteiger partial charge in [0, 0.05) is 44.8 Å². The summed E-state index contributed by atoms with van der Waals surface area (Å²) in [7, 11) is 0. The quantitative estimate of drug-likeness (QED) is 0.161. The van der Waals surface area contributed by atoms with Gasteiger partial charge in [0.05, 0.1) is 11.2 Å². The van der Waals surface area contributed by atoms with Crippen LogP contribution in [0.1, 0.15) is 28.8 Å². The Morgan fingerprint density at radius 3 is 1.60 bits per heavy atom. The summed E-state index contributed by atoms with van der Waals surface area (Å²) < 4.78 is 9.41. The fourth-order valence-corrected chi connectivity index (χ4v) is 9.30. The maximum atomic E-state index is 7.03.